The molecule has 0 saturated carbocycles. The first kappa shape index (κ1) is 20.9. The maximum Gasteiger partial charge on any atom is 0.255 e. The highest BCUT2D eigenvalue weighted by molar-refractivity contribution is 6.09. The number of carbonyl (C=O) groups excluding carboxylic acids is 2. The van der Waals surface area contributed by atoms with E-state index in [9.17, 15) is 9.59 Å². The molecule has 0 heterocycles. The molecule has 0 fully saturated rings. The maximum atomic E-state index is 12.9. The van der Waals surface area contributed by atoms with Crippen LogP contribution in [0.2, 0.25) is 0 Å². The molecule has 6 heteroatoms. The molecule has 1 atom stereocenters. The number of anilines is 1. The summed E-state index contributed by atoms with van der Waals surface area (Å²) < 4.78 is 10.5. The molecule has 2 N–H and O–H groups in total. The Balaban J connectivity index is 1.78. The molecule has 154 valence electrons. The van der Waals surface area contributed by atoms with Crippen LogP contribution in [0.5, 0.6) is 11.5 Å². The number of para-hydroxylation sites is 1. The van der Waals surface area contributed by atoms with E-state index >= 15 is 0 Å². The van der Waals surface area contributed by atoms with E-state index in [1.54, 1.807) is 42.5 Å². The summed E-state index contributed by atoms with van der Waals surface area (Å²) in [5.74, 6) is 0.360. The van der Waals surface area contributed by atoms with E-state index in [0.29, 0.717) is 28.3 Å². The molecule has 0 spiro atoms. The van der Waals surface area contributed by atoms with Gasteiger partial charge in [0.1, 0.15) is 0 Å². The first-order valence-electron chi connectivity index (χ1n) is 9.51. The van der Waals surface area contributed by atoms with Crippen molar-refractivity contribution < 1.29 is 19.1 Å². The van der Waals surface area contributed by atoms with Crippen molar-refractivity contribution in [3.05, 3.63) is 89.5 Å². The molecule has 0 radical (unpaired) electrons. The lowest BCUT2D eigenvalue weighted by Crippen LogP contribution is -2.28. The monoisotopic (exact) mass is 404 g/mol. The number of ether oxygens (including phenoxy) is 2. The van der Waals surface area contributed by atoms with Crippen LogP contribution in [-0.4, -0.2) is 26.0 Å². The first-order chi connectivity index (χ1) is 14.5. The zero-order valence-electron chi connectivity index (χ0n) is 17.1. The smallest absolute Gasteiger partial charge is 0.255 e. The zero-order valence-corrected chi connectivity index (χ0v) is 17.1. The van der Waals surface area contributed by atoms with Crippen molar-refractivity contribution in [3.63, 3.8) is 0 Å². The lowest BCUT2D eigenvalue weighted by atomic mass is 10.1. The average molecular weight is 404 g/mol. The van der Waals surface area contributed by atoms with Gasteiger partial charge in [-0.2, -0.15) is 0 Å². The minimum atomic E-state index is -0.354. The second-order valence-electron chi connectivity index (χ2n) is 6.68. The van der Waals surface area contributed by atoms with Gasteiger partial charge in [-0.05, 0) is 42.8 Å². The molecule has 0 bridgehead atoms. The van der Waals surface area contributed by atoms with Crippen molar-refractivity contribution in [3.8, 4) is 11.5 Å². The molecule has 0 aliphatic heterocycles. The Bertz CT molecular complexity index is 1030. The molecule has 0 aliphatic carbocycles. The summed E-state index contributed by atoms with van der Waals surface area (Å²) in [6, 6.07) is 21.3. The highest BCUT2D eigenvalue weighted by atomic mass is 16.5. The standard InChI is InChI=1S/C24H24N2O4/c1-16(17-9-5-4-6-10-17)25-24(28)19-11-7-8-12-20(19)26-23(27)18-13-14-21(29-2)22(15-18)30-3/h4-16H,1-3H3,(H,25,28)(H,26,27)/t16-/m0/s1. The molecule has 2 amide bonds. The van der Waals surface area contributed by atoms with E-state index in [1.165, 1.54) is 14.2 Å². The fourth-order valence-electron chi connectivity index (χ4n) is 3.06. The summed E-state index contributed by atoms with van der Waals surface area (Å²) in [6.07, 6.45) is 0. The Morgan fingerprint density at radius 3 is 2.17 bits per heavy atom. The molecular formula is C24H24N2O4. The Labute approximate surface area is 175 Å². The minimum absolute atomic E-state index is 0.173. The second-order valence-corrected chi connectivity index (χ2v) is 6.68. The number of nitrogens with one attached hydrogen (secondary N) is 2. The highest BCUT2D eigenvalue weighted by Crippen LogP contribution is 2.28. The Morgan fingerprint density at radius 1 is 0.800 bits per heavy atom. The number of hydrogen-bond donors (Lipinski definition) is 2. The summed E-state index contributed by atoms with van der Waals surface area (Å²) in [7, 11) is 3.04. The predicted octanol–water partition coefficient (Wildman–Crippen LogP) is 4.45. The van der Waals surface area contributed by atoms with Crippen LogP contribution in [-0.2, 0) is 0 Å². The molecule has 0 unspecified atom stereocenters. The molecular weight excluding hydrogens is 380 g/mol. The number of rotatable bonds is 7. The van der Waals surface area contributed by atoms with Gasteiger partial charge in [0.15, 0.2) is 11.5 Å². The average Bonchev–Trinajstić information content (AvgIpc) is 2.79. The van der Waals surface area contributed by atoms with Crippen molar-refractivity contribution in [1.29, 1.82) is 0 Å². The second kappa shape index (κ2) is 9.60. The van der Waals surface area contributed by atoms with E-state index in [1.807, 2.05) is 37.3 Å². The van der Waals surface area contributed by atoms with Crippen LogP contribution < -0.4 is 20.1 Å². The zero-order chi connectivity index (χ0) is 21.5. The summed E-state index contributed by atoms with van der Waals surface area (Å²) in [6.45, 7) is 1.91. The van der Waals surface area contributed by atoms with Crippen LogP contribution >= 0.6 is 0 Å². The summed E-state index contributed by atoms with van der Waals surface area (Å²) in [5.41, 5.74) is 2.20. The number of carbonyl (C=O) groups is 2. The van der Waals surface area contributed by atoms with Gasteiger partial charge >= 0.3 is 0 Å². The van der Waals surface area contributed by atoms with Crippen LogP contribution in [0.15, 0.2) is 72.8 Å². The molecule has 3 aromatic carbocycles. The summed E-state index contributed by atoms with van der Waals surface area (Å²) >= 11 is 0. The number of hydrogen-bond acceptors (Lipinski definition) is 4. The Morgan fingerprint density at radius 2 is 1.47 bits per heavy atom. The molecule has 3 aromatic rings. The van der Waals surface area contributed by atoms with Gasteiger partial charge in [-0.25, -0.2) is 0 Å². The molecule has 0 saturated heterocycles. The van der Waals surface area contributed by atoms with Gasteiger partial charge in [0, 0.05) is 5.56 Å². The largest absolute Gasteiger partial charge is 0.493 e. The van der Waals surface area contributed by atoms with Crippen molar-refractivity contribution >= 4 is 17.5 Å². The highest BCUT2D eigenvalue weighted by Gasteiger charge is 2.17. The number of amides is 2. The third-order valence-corrected chi connectivity index (χ3v) is 4.71. The molecule has 3 rings (SSSR count). The van der Waals surface area contributed by atoms with E-state index in [0.717, 1.165) is 5.56 Å². The quantitative estimate of drug-likeness (QED) is 0.610. The lowest BCUT2D eigenvalue weighted by molar-refractivity contribution is 0.0941. The van der Waals surface area contributed by atoms with Crippen molar-refractivity contribution in [2.45, 2.75) is 13.0 Å². The molecule has 30 heavy (non-hydrogen) atoms. The summed E-state index contributed by atoms with van der Waals surface area (Å²) in [4.78, 5) is 25.6. The van der Waals surface area contributed by atoms with Crippen molar-refractivity contribution in [2.24, 2.45) is 0 Å². The first-order valence-corrected chi connectivity index (χ1v) is 9.51. The van der Waals surface area contributed by atoms with Gasteiger partial charge in [-0.3, -0.25) is 9.59 Å². The van der Waals surface area contributed by atoms with Crippen molar-refractivity contribution in [1.82, 2.24) is 5.32 Å². The summed E-state index contributed by atoms with van der Waals surface area (Å²) in [5, 5.41) is 5.79. The normalized spacial score (nSPS) is 11.3. The van der Waals surface area contributed by atoms with E-state index in [4.69, 9.17) is 9.47 Å². The fourth-order valence-corrected chi connectivity index (χ4v) is 3.06. The molecule has 0 aromatic heterocycles. The SMILES string of the molecule is COc1ccc(C(=O)Nc2ccccc2C(=O)N[C@@H](C)c2ccccc2)cc1OC. The third kappa shape index (κ3) is 4.78. The third-order valence-electron chi connectivity index (χ3n) is 4.71. The van der Waals surface area contributed by atoms with Gasteiger partial charge in [0.2, 0.25) is 0 Å². The van der Waals surface area contributed by atoms with Gasteiger partial charge in [0.25, 0.3) is 11.8 Å². The Kier molecular flexibility index (Phi) is 6.70. The molecule has 6 nitrogen and oxygen atoms in total. The van der Waals surface area contributed by atoms with Crippen LogP contribution in [0.4, 0.5) is 5.69 Å². The van der Waals surface area contributed by atoms with E-state index in [-0.39, 0.29) is 17.9 Å². The molecule has 0 aliphatic rings. The van der Waals surface area contributed by atoms with Gasteiger partial charge < -0.3 is 20.1 Å². The number of methoxy groups -OCH3 is 2. The van der Waals surface area contributed by atoms with Crippen LogP contribution in [0.25, 0.3) is 0 Å². The van der Waals surface area contributed by atoms with Gasteiger partial charge in [-0.1, -0.05) is 42.5 Å². The Hall–Kier alpha value is -3.80. The van der Waals surface area contributed by atoms with Crippen LogP contribution in [0.3, 0.4) is 0 Å². The number of benzene rings is 3. The van der Waals surface area contributed by atoms with Gasteiger partial charge in [0.05, 0.1) is 31.5 Å². The van der Waals surface area contributed by atoms with Gasteiger partial charge in [-0.15, -0.1) is 0 Å². The minimum Gasteiger partial charge on any atom is -0.493 e. The van der Waals surface area contributed by atoms with E-state index < -0.39 is 0 Å². The lowest BCUT2D eigenvalue weighted by Gasteiger charge is -2.16. The van der Waals surface area contributed by atoms with Crippen LogP contribution in [0, 0.1) is 0 Å². The van der Waals surface area contributed by atoms with Crippen molar-refractivity contribution in [2.75, 3.05) is 19.5 Å². The van der Waals surface area contributed by atoms with E-state index in [2.05, 4.69) is 10.6 Å². The maximum absolute atomic E-state index is 12.9. The topological polar surface area (TPSA) is 76.7 Å². The van der Waals surface area contributed by atoms with Crippen LogP contribution in [0.1, 0.15) is 39.2 Å². The predicted molar refractivity (Wildman–Crippen MR) is 116 cm³/mol. The fraction of sp³-hybridized carbons (Fsp3) is 0.167.